The Kier molecular flexibility index (Phi) is 4.75. The highest BCUT2D eigenvalue weighted by atomic mass is 16.5. The fourth-order valence-electron chi connectivity index (χ4n) is 2.63. The largest absolute Gasteiger partial charge is 0.465 e. The van der Waals surface area contributed by atoms with E-state index in [0.29, 0.717) is 29.8 Å². The molecule has 1 aliphatic carbocycles. The first kappa shape index (κ1) is 17.7. The maximum absolute atomic E-state index is 12.6. The van der Waals surface area contributed by atoms with Crippen molar-refractivity contribution in [3.8, 4) is 0 Å². The van der Waals surface area contributed by atoms with E-state index in [1.54, 1.807) is 24.3 Å². The third-order valence-electron chi connectivity index (χ3n) is 4.49. The minimum absolute atomic E-state index is 0.301. The number of benzene rings is 2. The number of amides is 2. The maximum Gasteiger partial charge on any atom is 0.337 e. The van der Waals surface area contributed by atoms with E-state index in [2.05, 4.69) is 15.4 Å². The van der Waals surface area contributed by atoms with Gasteiger partial charge in [-0.25, -0.2) is 4.79 Å². The zero-order valence-corrected chi connectivity index (χ0v) is 14.7. The van der Waals surface area contributed by atoms with E-state index >= 15 is 0 Å². The van der Waals surface area contributed by atoms with E-state index in [4.69, 9.17) is 0 Å². The third-order valence-corrected chi connectivity index (χ3v) is 4.49. The summed E-state index contributed by atoms with van der Waals surface area (Å²) in [5.41, 5.74) is 1.64. The summed E-state index contributed by atoms with van der Waals surface area (Å²) in [4.78, 5) is 36.6. The number of anilines is 2. The van der Waals surface area contributed by atoms with Crippen molar-refractivity contribution in [2.24, 2.45) is 5.41 Å². The summed E-state index contributed by atoms with van der Waals surface area (Å²) in [6, 6.07) is 13.8. The molecule has 0 atom stereocenters. The molecule has 6 nitrogen and oxygen atoms in total. The molecule has 0 unspecified atom stereocenters. The van der Waals surface area contributed by atoms with Crippen LogP contribution in [0, 0.1) is 12.3 Å². The van der Waals surface area contributed by atoms with Gasteiger partial charge < -0.3 is 15.4 Å². The number of esters is 1. The summed E-state index contributed by atoms with van der Waals surface area (Å²) in [5.74, 6) is -1.09. The standard InChI is InChI=1S/C20H20N2O4/c1-13-3-7-15(8-4-13)21-18(24)20(11-12-20)19(25)22-16-9-5-14(6-10-16)17(23)26-2/h3-10H,11-12H2,1-2H3,(H,21,24)(H,22,25). The van der Waals surface area contributed by atoms with Crippen LogP contribution in [-0.2, 0) is 14.3 Å². The average Bonchev–Trinajstić information content (AvgIpc) is 3.46. The molecule has 0 saturated heterocycles. The first-order chi connectivity index (χ1) is 12.4. The molecule has 1 saturated carbocycles. The van der Waals surface area contributed by atoms with Gasteiger partial charge in [0.05, 0.1) is 12.7 Å². The number of carbonyl (C=O) groups is 3. The van der Waals surface area contributed by atoms with E-state index in [9.17, 15) is 14.4 Å². The number of aryl methyl sites for hydroxylation is 1. The molecule has 0 aromatic heterocycles. The van der Waals surface area contributed by atoms with E-state index in [-0.39, 0.29) is 11.8 Å². The molecule has 0 spiro atoms. The van der Waals surface area contributed by atoms with Gasteiger partial charge in [-0.3, -0.25) is 9.59 Å². The van der Waals surface area contributed by atoms with Crippen LogP contribution in [0.25, 0.3) is 0 Å². The Balaban J connectivity index is 1.65. The van der Waals surface area contributed by atoms with Gasteiger partial charge in [0.2, 0.25) is 11.8 Å². The zero-order valence-electron chi connectivity index (χ0n) is 14.7. The van der Waals surface area contributed by atoms with Crippen LogP contribution < -0.4 is 10.6 Å². The van der Waals surface area contributed by atoms with Crippen molar-refractivity contribution in [1.82, 2.24) is 0 Å². The van der Waals surface area contributed by atoms with Crippen molar-refractivity contribution in [1.29, 1.82) is 0 Å². The lowest BCUT2D eigenvalue weighted by Gasteiger charge is -2.15. The zero-order chi connectivity index (χ0) is 18.7. The summed E-state index contributed by atoms with van der Waals surface area (Å²) in [6.45, 7) is 1.97. The Morgan fingerprint density at radius 2 is 1.31 bits per heavy atom. The molecule has 3 rings (SSSR count). The first-order valence-electron chi connectivity index (χ1n) is 8.32. The van der Waals surface area contributed by atoms with Gasteiger partial charge in [0.15, 0.2) is 0 Å². The van der Waals surface area contributed by atoms with Gasteiger partial charge in [-0.2, -0.15) is 0 Å². The number of rotatable bonds is 5. The van der Waals surface area contributed by atoms with Crippen molar-refractivity contribution in [2.45, 2.75) is 19.8 Å². The van der Waals surface area contributed by atoms with Gasteiger partial charge in [0.1, 0.15) is 5.41 Å². The highest BCUT2D eigenvalue weighted by Crippen LogP contribution is 2.47. The summed E-state index contributed by atoms with van der Waals surface area (Å²) < 4.78 is 4.64. The van der Waals surface area contributed by atoms with Crippen molar-refractivity contribution in [3.05, 3.63) is 59.7 Å². The molecule has 134 valence electrons. The molecule has 0 bridgehead atoms. The van der Waals surface area contributed by atoms with Gasteiger partial charge in [-0.05, 0) is 56.2 Å². The van der Waals surface area contributed by atoms with Crippen LogP contribution in [-0.4, -0.2) is 24.9 Å². The van der Waals surface area contributed by atoms with Crippen LogP contribution >= 0.6 is 0 Å². The summed E-state index contributed by atoms with van der Waals surface area (Å²) >= 11 is 0. The van der Waals surface area contributed by atoms with Gasteiger partial charge in [-0.1, -0.05) is 17.7 Å². The minimum atomic E-state index is -1.04. The van der Waals surface area contributed by atoms with Crippen LogP contribution in [0.15, 0.2) is 48.5 Å². The van der Waals surface area contributed by atoms with Crippen molar-refractivity contribution in [2.75, 3.05) is 17.7 Å². The number of carbonyl (C=O) groups excluding carboxylic acids is 3. The molecule has 0 radical (unpaired) electrons. The van der Waals surface area contributed by atoms with E-state index in [1.807, 2.05) is 31.2 Å². The highest BCUT2D eigenvalue weighted by Gasteiger charge is 2.56. The quantitative estimate of drug-likeness (QED) is 0.639. The second-order valence-corrected chi connectivity index (χ2v) is 6.43. The monoisotopic (exact) mass is 352 g/mol. The SMILES string of the molecule is COC(=O)c1ccc(NC(=O)C2(C(=O)Nc3ccc(C)cc3)CC2)cc1. The lowest BCUT2D eigenvalue weighted by molar-refractivity contribution is -0.131. The number of hydrogen-bond acceptors (Lipinski definition) is 4. The Hall–Kier alpha value is -3.15. The fourth-order valence-corrected chi connectivity index (χ4v) is 2.63. The van der Waals surface area contributed by atoms with Crippen LogP contribution in [0.5, 0.6) is 0 Å². The van der Waals surface area contributed by atoms with Gasteiger partial charge in [0.25, 0.3) is 0 Å². The molecule has 0 heterocycles. The van der Waals surface area contributed by atoms with Gasteiger partial charge >= 0.3 is 5.97 Å². The first-order valence-corrected chi connectivity index (χ1v) is 8.32. The second kappa shape index (κ2) is 7.00. The molecule has 2 aromatic rings. The Labute approximate surface area is 151 Å². The molecule has 1 fully saturated rings. The third kappa shape index (κ3) is 3.59. The lowest BCUT2D eigenvalue weighted by atomic mass is 10.0. The van der Waals surface area contributed by atoms with Crippen molar-refractivity contribution >= 4 is 29.2 Å². The Morgan fingerprint density at radius 3 is 1.73 bits per heavy atom. The smallest absolute Gasteiger partial charge is 0.337 e. The normalized spacial score (nSPS) is 14.2. The van der Waals surface area contributed by atoms with Gasteiger partial charge in [0, 0.05) is 11.4 Å². The summed E-state index contributed by atoms with van der Waals surface area (Å²) in [7, 11) is 1.31. The number of hydrogen-bond donors (Lipinski definition) is 2. The molecule has 2 N–H and O–H groups in total. The highest BCUT2D eigenvalue weighted by molar-refractivity contribution is 6.16. The number of methoxy groups -OCH3 is 1. The van der Waals surface area contributed by atoms with Gasteiger partial charge in [-0.15, -0.1) is 0 Å². The molecule has 6 heteroatoms. The second-order valence-electron chi connectivity index (χ2n) is 6.43. The molecule has 2 aromatic carbocycles. The minimum Gasteiger partial charge on any atom is -0.465 e. The molecular formula is C20H20N2O4. The van der Waals surface area contributed by atoms with Crippen LogP contribution in [0.3, 0.4) is 0 Å². The predicted octanol–water partition coefficient (Wildman–Crippen LogP) is 3.14. The van der Waals surface area contributed by atoms with E-state index in [1.165, 1.54) is 7.11 Å². The molecule has 0 aliphatic heterocycles. The van der Waals surface area contributed by atoms with Crippen LogP contribution in [0.1, 0.15) is 28.8 Å². The van der Waals surface area contributed by atoms with Crippen LogP contribution in [0.2, 0.25) is 0 Å². The molecule has 26 heavy (non-hydrogen) atoms. The summed E-state index contributed by atoms with van der Waals surface area (Å²) in [5, 5.41) is 5.56. The topological polar surface area (TPSA) is 84.5 Å². The molecule has 1 aliphatic rings. The predicted molar refractivity (Wildman–Crippen MR) is 97.9 cm³/mol. The van der Waals surface area contributed by atoms with Crippen molar-refractivity contribution in [3.63, 3.8) is 0 Å². The lowest BCUT2D eigenvalue weighted by Crippen LogP contribution is -2.35. The van der Waals surface area contributed by atoms with Crippen molar-refractivity contribution < 1.29 is 19.1 Å². The Bertz CT molecular complexity index is 837. The number of ether oxygens (including phenoxy) is 1. The Morgan fingerprint density at radius 1 is 0.846 bits per heavy atom. The molecular weight excluding hydrogens is 332 g/mol. The van der Waals surface area contributed by atoms with E-state index in [0.717, 1.165) is 5.56 Å². The number of nitrogens with one attached hydrogen (secondary N) is 2. The van der Waals surface area contributed by atoms with Crippen LogP contribution in [0.4, 0.5) is 11.4 Å². The average molecular weight is 352 g/mol. The fraction of sp³-hybridized carbons (Fsp3) is 0.250. The summed E-state index contributed by atoms with van der Waals surface area (Å²) in [6.07, 6.45) is 1.02. The maximum atomic E-state index is 12.6. The van der Waals surface area contributed by atoms with E-state index < -0.39 is 11.4 Å². The molecule has 2 amide bonds.